The van der Waals surface area contributed by atoms with Gasteiger partial charge in [-0.3, -0.25) is 0 Å². The van der Waals surface area contributed by atoms with E-state index in [-0.39, 0.29) is 5.41 Å². The minimum Gasteiger partial charge on any atom is -0.208 e. The van der Waals surface area contributed by atoms with Crippen molar-refractivity contribution in [3.05, 3.63) is 246 Å². The van der Waals surface area contributed by atoms with Gasteiger partial charge in [0.2, 0.25) is 0 Å². The van der Waals surface area contributed by atoms with Gasteiger partial charge in [0, 0.05) is 22.1 Å². The van der Waals surface area contributed by atoms with Crippen molar-refractivity contribution in [2.75, 3.05) is 0 Å². The molecule has 0 unspecified atom stereocenters. The smallest absolute Gasteiger partial charge is 0.164 e. The lowest BCUT2D eigenvalue weighted by atomic mass is 9.55. The SMILES string of the molecule is CC1(C)c2ccccc2C2(c3ccccc3-c3c(-c4ccc5cc(-c6cccc(-c7nc(-c8ccccc8)nc(-c8ccccc8)n7)c6)ccc5c4)cccc32)c2ccccc21. The third kappa shape index (κ3) is 5.41. The number of aromatic nitrogens is 3. The quantitative estimate of drug-likeness (QED) is 0.174. The first kappa shape index (κ1) is 36.1. The first-order valence-electron chi connectivity index (χ1n) is 21.4. The summed E-state index contributed by atoms with van der Waals surface area (Å²) in [5.74, 6) is 1.95. The van der Waals surface area contributed by atoms with Crippen LogP contribution in [0.15, 0.2) is 212 Å². The standard InChI is InChI=1S/C59H41N3/c1-58(2)49-26-11-13-28-51(49)59(52-29-14-12-27-50(52)58)48-25-10-9-23-47(48)54-46(24-16-30-53(54)59)44-34-33-42-35-41(31-32-43(42)36-44)40-21-15-22-45(37-40)57-61-55(38-17-5-3-6-18-38)60-56(62-57)39-19-7-4-8-20-39/h3-37H,1-2H3. The normalized spacial score (nSPS) is 13.9. The Labute approximate surface area is 362 Å². The maximum absolute atomic E-state index is 5.00. The second-order valence-corrected chi connectivity index (χ2v) is 17.1. The van der Waals surface area contributed by atoms with Crippen LogP contribution in [0.3, 0.4) is 0 Å². The number of hydrogen-bond donors (Lipinski definition) is 0. The molecule has 9 aromatic carbocycles. The van der Waals surface area contributed by atoms with E-state index in [1.54, 1.807) is 0 Å². The fraction of sp³-hybridized carbons (Fsp3) is 0.0678. The average Bonchev–Trinajstić information content (AvgIpc) is 3.64. The molecular formula is C59H41N3. The molecule has 12 rings (SSSR count). The highest BCUT2D eigenvalue weighted by atomic mass is 15.0. The predicted molar refractivity (Wildman–Crippen MR) is 254 cm³/mol. The minimum absolute atomic E-state index is 0.128. The summed E-state index contributed by atoms with van der Waals surface area (Å²) >= 11 is 0. The second-order valence-electron chi connectivity index (χ2n) is 17.1. The highest BCUT2D eigenvalue weighted by Gasteiger charge is 2.53. The van der Waals surface area contributed by atoms with Gasteiger partial charge in [0.15, 0.2) is 17.5 Å². The molecule has 3 nitrogen and oxygen atoms in total. The zero-order valence-corrected chi connectivity index (χ0v) is 34.5. The predicted octanol–water partition coefficient (Wildman–Crippen LogP) is 14.4. The molecule has 1 aromatic heterocycles. The molecule has 0 saturated carbocycles. The fourth-order valence-electron chi connectivity index (χ4n) is 10.5. The summed E-state index contributed by atoms with van der Waals surface area (Å²) in [7, 11) is 0. The van der Waals surface area contributed by atoms with Crippen molar-refractivity contribution >= 4 is 10.8 Å². The summed E-state index contributed by atoms with van der Waals surface area (Å²) in [4.78, 5) is 14.9. The van der Waals surface area contributed by atoms with Gasteiger partial charge in [0.1, 0.15) is 0 Å². The van der Waals surface area contributed by atoms with E-state index in [4.69, 9.17) is 15.0 Å². The Morgan fingerprint density at radius 2 is 0.710 bits per heavy atom. The number of benzene rings is 9. The monoisotopic (exact) mass is 791 g/mol. The number of hydrogen-bond acceptors (Lipinski definition) is 3. The van der Waals surface area contributed by atoms with Crippen LogP contribution in [0, 0.1) is 0 Å². The van der Waals surface area contributed by atoms with Crippen molar-refractivity contribution in [2.45, 2.75) is 24.7 Å². The van der Waals surface area contributed by atoms with E-state index in [1.807, 2.05) is 60.7 Å². The van der Waals surface area contributed by atoms with Gasteiger partial charge >= 0.3 is 0 Å². The molecule has 292 valence electrons. The van der Waals surface area contributed by atoms with Crippen molar-refractivity contribution in [1.82, 2.24) is 15.0 Å². The highest BCUT2D eigenvalue weighted by molar-refractivity contribution is 5.99. The van der Waals surface area contributed by atoms with Gasteiger partial charge in [-0.15, -0.1) is 0 Å². The molecule has 1 spiro atoms. The zero-order valence-electron chi connectivity index (χ0n) is 34.5. The average molecular weight is 792 g/mol. The van der Waals surface area contributed by atoms with E-state index in [9.17, 15) is 0 Å². The van der Waals surface area contributed by atoms with Crippen LogP contribution >= 0.6 is 0 Å². The van der Waals surface area contributed by atoms with Crippen LogP contribution in [0.4, 0.5) is 0 Å². The molecule has 0 bridgehead atoms. The third-order valence-electron chi connectivity index (χ3n) is 13.4. The second kappa shape index (κ2) is 13.9. The van der Waals surface area contributed by atoms with Crippen molar-refractivity contribution in [3.63, 3.8) is 0 Å². The van der Waals surface area contributed by atoms with Gasteiger partial charge in [-0.05, 0) is 95.7 Å². The Morgan fingerprint density at radius 3 is 1.34 bits per heavy atom. The molecule has 0 atom stereocenters. The third-order valence-corrected chi connectivity index (χ3v) is 13.4. The van der Waals surface area contributed by atoms with Crippen molar-refractivity contribution in [1.29, 1.82) is 0 Å². The molecule has 2 aliphatic rings. The molecule has 3 heteroatoms. The Morgan fingerprint density at radius 1 is 0.290 bits per heavy atom. The van der Waals surface area contributed by atoms with Gasteiger partial charge < -0.3 is 0 Å². The van der Waals surface area contributed by atoms with Gasteiger partial charge in [-0.2, -0.15) is 0 Å². The molecule has 0 radical (unpaired) electrons. The van der Waals surface area contributed by atoms with Crippen molar-refractivity contribution in [3.8, 4) is 67.5 Å². The number of rotatable bonds is 5. The molecule has 0 amide bonds. The molecule has 62 heavy (non-hydrogen) atoms. The van der Waals surface area contributed by atoms with Crippen LogP contribution < -0.4 is 0 Å². The van der Waals surface area contributed by atoms with Gasteiger partial charge in [0.25, 0.3) is 0 Å². The Kier molecular flexibility index (Phi) is 8.10. The van der Waals surface area contributed by atoms with Crippen molar-refractivity contribution < 1.29 is 0 Å². The van der Waals surface area contributed by atoms with E-state index >= 15 is 0 Å². The van der Waals surface area contributed by atoms with Crippen LogP contribution in [-0.2, 0) is 10.8 Å². The Balaban J connectivity index is 0.955. The maximum atomic E-state index is 5.00. The first-order chi connectivity index (χ1) is 30.5. The van der Waals surface area contributed by atoms with Gasteiger partial charge in [-0.25, -0.2) is 15.0 Å². The van der Waals surface area contributed by atoms with E-state index in [0.29, 0.717) is 17.5 Å². The summed E-state index contributed by atoms with van der Waals surface area (Å²) in [6.07, 6.45) is 0. The summed E-state index contributed by atoms with van der Waals surface area (Å²) in [6.45, 7) is 4.76. The lowest BCUT2D eigenvalue weighted by Gasteiger charge is -2.46. The van der Waals surface area contributed by atoms with E-state index in [0.717, 1.165) is 27.8 Å². The van der Waals surface area contributed by atoms with Gasteiger partial charge in [-0.1, -0.05) is 208 Å². The molecule has 10 aromatic rings. The number of nitrogens with zero attached hydrogens (tertiary/aromatic N) is 3. The van der Waals surface area contributed by atoms with Crippen LogP contribution in [0.2, 0.25) is 0 Å². The Hall–Kier alpha value is -7.75. The van der Waals surface area contributed by atoms with E-state index in [1.165, 1.54) is 66.4 Å². The Bertz CT molecular complexity index is 3280. The summed E-state index contributed by atoms with van der Waals surface area (Å²) in [6, 6.07) is 76.9. The molecule has 2 aliphatic carbocycles. The fourth-order valence-corrected chi connectivity index (χ4v) is 10.5. The number of fused-ring (bicyclic) bond motifs is 10. The lowest BCUT2D eigenvalue weighted by Crippen LogP contribution is -2.40. The molecule has 0 saturated heterocycles. The van der Waals surface area contributed by atoms with Gasteiger partial charge in [0.05, 0.1) is 5.41 Å². The molecule has 0 N–H and O–H groups in total. The topological polar surface area (TPSA) is 38.7 Å². The van der Waals surface area contributed by atoms with E-state index in [2.05, 4.69) is 166 Å². The summed E-state index contributed by atoms with van der Waals surface area (Å²) < 4.78 is 0. The van der Waals surface area contributed by atoms with Crippen LogP contribution in [-0.4, -0.2) is 15.0 Å². The van der Waals surface area contributed by atoms with Crippen LogP contribution in [0.1, 0.15) is 47.2 Å². The molecule has 0 fully saturated rings. The molecular weight excluding hydrogens is 751 g/mol. The zero-order chi connectivity index (χ0) is 41.4. The van der Waals surface area contributed by atoms with E-state index < -0.39 is 5.41 Å². The van der Waals surface area contributed by atoms with Crippen LogP contribution in [0.25, 0.3) is 78.3 Å². The highest BCUT2D eigenvalue weighted by Crippen LogP contribution is 2.63. The van der Waals surface area contributed by atoms with Crippen molar-refractivity contribution in [2.24, 2.45) is 0 Å². The largest absolute Gasteiger partial charge is 0.208 e. The summed E-state index contributed by atoms with van der Waals surface area (Å²) in [5.41, 5.74) is 17.9. The molecule has 1 heterocycles. The lowest BCUT2D eigenvalue weighted by molar-refractivity contribution is 0.563. The summed E-state index contributed by atoms with van der Waals surface area (Å²) in [5, 5.41) is 2.39. The maximum Gasteiger partial charge on any atom is 0.164 e. The first-order valence-corrected chi connectivity index (χ1v) is 21.4. The minimum atomic E-state index is -0.418. The molecule has 0 aliphatic heterocycles. The van der Waals surface area contributed by atoms with Crippen LogP contribution in [0.5, 0.6) is 0 Å².